The molecular formula is C12H13BrN2O2. The number of pyridine rings is 1. The van der Waals surface area contributed by atoms with Gasteiger partial charge in [0, 0.05) is 34.8 Å². The predicted molar refractivity (Wildman–Crippen MR) is 71.1 cm³/mol. The molecule has 0 aliphatic carbocycles. The largest absolute Gasteiger partial charge is 0.491 e. The molecule has 2 rings (SSSR count). The summed E-state index contributed by atoms with van der Waals surface area (Å²) in [5.74, 6) is 0.690. The molecule has 0 unspecified atom stereocenters. The Morgan fingerprint density at radius 3 is 3.00 bits per heavy atom. The Kier molecular flexibility index (Phi) is 3.81. The topological polar surface area (TPSA) is 68.4 Å². The van der Waals surface area contributed by atoms with Crippen LogP contribution in [0, 0.1) is 0 Å². The molecule has 0 aliphatic heterocycles. The molecule has 3 N–H and O–H groups in total. The molecule has 90 valence electrons. The van der Waals surface area contributed by atoms with Crippen molar-refractivity contribution in [1.82, 2.24) is 4.98 Å². The second-order valence-corrected chi connectivity index (χ2v) is 4.54. The van der Waals surface area contributed by atoms with Crippen LogP contribution in [0.15, 0.2) is 28.9 Å². The molecule has 1 aromatic heterocycles. The van der Waals surface area contributed by atoms with E-state index in [4.69, 9.17) is 15.6 Å². The lowest BCUT2D eigenvalue weighted by atomic mass is 10.1. The molecule has 0 radical (unpaired) electrons. The average molecular weight is 297 g/mol. The van der Waals surface area contributed by atoms with Crippen molar-refractivity contribution in [3.8, 4) is 5.75 Å². The Morgan fingerprint density at radius 2 is 2.24 bits per heavy atom. The monoisotopic (exact) mass is 296 g/mol. The Bertz CT molecular complexity index is 531. The van der Waals surface area contributed by atoms with Crippen molar-refractivity contribution in [2.45, 2.75) is 6.42 Å². The van der Waals surface area contributed by atoms with E-state index >= 15 is 0 Å². The molecule has 0 saturated heterocycles. The number of nitrogens with two attached hydrogens (primary N) is 1. The van der Waals surface area contributed by atoms with Crippen LogP contribution in [0.1, 0.15) is 6.42 Å². The number of aliphatic hydroxyl groups is 1. The Hall–Kier alpha value is -1.33. The van der Waals surface area contributed by atoms with Gasteiger partial charge in [0.15, 0.2) is 0 Å². The summed E-state index contributed by atoms with van der Waals surface area (Å²) in [6.45, 7) is 0.582. The summed E-state index contributed by atoms with van der Waals surface area (Å²) >= 11 is 3.36. The number of anilines is 1. The fraction of sp³-hybridized carbons (Fsp3) is 0.250. The molecule has 0 spiro atoms. The molecule has 4 nitrogen and oxygen atoms in total. The molecule has 1 heterocycles. The molecule has 0 fully saturated rings. The minimum Gasteiger partial charge on any atom is -0.491 e. The van der Waals surface area contributed by atoms with Crippen molar-refractivity contribution in [1.29, 1.82) is 0 Å². The minimum atomic E-state index is 0.117. The van der Waals surface area contributed by atoms with Crippen LogP contribution in [-0.2, 0) is 0 Å². The number of fused-ring (bicyclic) bond motifs is 1. The van der Waals surface area contributed by atoms with Gasteiger partial charge < -0.3 is 15.6 Å². The molecule has 0 bridgehead atoms. The Morgan fingerprint density at radius 1 is 1.41 bits per heavy atom. The fourth-order valence-corrected chi connectivity index (χ4v) is 1.88. The number of rotatable bonds is 4. The van der Waals surface area contributed by atoms with Crippen LogP contribution in [0.3, 0.4) is 0 Å². The van der Waals surface area contributed by atoms with Gasteiger partial charge in [0.2, 0.25) is 0 Å². The van der Waals surface area contributed by atoms with E-state index in [0.717, 1.165) is 15.4 Å². The highest BCUT2D eigenvalue weighted by Crippen LogP contribution is 2.30. The number of hydrogen-bond donors (Lipinski definition) is 2. The molecule has 0 amide bonds. The van der Waals surface area contributed by atoms with Crippen LogP contribution in [0.25, 0.3) is 10.9 Å². The highest BCUT2D eigenvalue weighted by Gasteiger charge is 2.07. The van der Waals surface area contributed by atoms with Gasteiger partial charge in [-0.25, -0.2) is 0 Å². The van der Waals surface area contributed by atoms with E-state index in [2.05, 4.69) is 20.9 Å². The van der Waals surface area contributed by atoms with E-state index in [1.165, 1.54) is 0 Å². The highest BCUT2D eigenvalue weighted by atomic mass is 79.9. The zero-order chi connectivity index (χ0) is 12.3. The van der Waals surface area contributed by atoms with Crippen molar-refractivity contribution in [2.24, 2.45) is 0 Å². The van der Waals surface area contributed by atoms with Crippen molar-refractivity contribution in [2.75, 3.05) is 18.9 Å². The number of hydrogen-bond acceptors (Lipinski definition) is 4. The zero-order valence-electron chi connectivity index (χ0n) is 9.19. The van der Waals surface area contributed by atoms with E-state index in [0.29, 0.717) is 24.5 Å². The van der Waals surface area contributed by atoms with Gasteiger partial charge in [0.25, 0.3) is 0 Å². The van der Waals surface area contributed by atoms with Crippen LogP contribution in [-0.4, -0.2) is 23.3 Å². The first-order valence-corrected chi connectivity index (χ1v) is 6.09. The fourth-order valence-electron chi connectivity index (χ4n) is 1.55. The number of nitrogens with zero attached hydrogens (tertiary/aromatic N) is 1. The number of nitrogen functional groups attached to an aromatic ring is 1. The van der Waals surface area contributed by atoms with E-state index in [9.17, 15) is 0 Å². The lowest BCUT2D eigenvalue weighted by molar-refractivity contribution is 0.234. The van der Waals surface area contributed by atoms with Crippen molar-refractivity contribution < 1.29 is 9.84 Å². The predicted octanol–water partition coefficient (Wildman–Crippen LogP) is 2.34. The van der Waals surface area contributed by atoms with Crippen molar-refractivity contribution in [3.05, 3.63) is 28.9 Å². The first kappa shape index (κ1) is 12.1. The Labute approximate surface area is 108 Å². The summed E-state index contributed by atoms with van der Waals surface area (Å²) in [5.41, 5.74) is 7.30. The second-order valence-electron chi connectivity index (χ2n) is 3.63. The third-order valence-corrected chi connectivity index (χ3v) is 2.81. The van der Waals surface area contributed by atoms with Crippen LogP contribution >= 0.6 is 15.9 Å². The maximum absolute atomic E-state index is 8.72. The standard InChI is InChI=1S/C12H13BrN2O2/c13-8-6-9-10(14)2-3-11(12(9)15-7-8)17-5-1-4-16/h2-3,6-7,16H,1,4-5,14H2. The molecule has 2 aromatic rings. The third-order valence-electron chi connectivity index (χ3n) is 2.37. The molecule has 1 aromatic carbocycles. The van der Waals surface area contributed by atoms with Gasteiger partial charge in [0.1, 0.15) is 11.3 Å². The number of aromatic nitrogens is 1. The minimum absolute atomic E-state index is 0.117. The van der Waals surface area contributed by atoms with Gasteiger partial charge >= 0.3 is 0 Å². The number of benzene rings is 1. The summed E-state index contributed by atoms with van der Waals surface area (Å²) in [5, 5.41) is 9.58. The molecule has 0 atom stereocenters. The number of aliphatic hydroxyl groups excluding tert-OH is 1. The summed E-state index contributed by atoms with van der Waals surface area (Å²) < 4.78 is 6.44. The average Bonchev–Trinajstić information content (AvgIpc) is 2.33. The molecule has 5 heteroatoms. The molecule has 0 aliphatic rings. The molecular weight excluding hydrogens is 284 g/mol. The smallest absolute Gasteiger partial charge is 0.145 e. The maximum atomic E-state index is 8.72. The van der Waals surface area contributed by atoms with Gasteiger partial charge in [-0.15, -0.1) is 0 Å². The van der Waals surface area contributed by atoms with Gasteiger partial charge in [-0.3, -0.25) is 4.98 Å². The van der Waals surface area contributed by atoms with E-state index in [1.807, 2.05) is 6.07 Å². The van der Waals surface area contributed by atoms with Gasteiger partial charge in [-0.2, -0.15) is 0 Å². The zero-order valence-corrected chi connectivity index (χ0v) is 10.8. The SMILES string of the molecule is Nc1ccc(OCCCO)c2ncc(Br)cc12. The summed E-state index contributed by atoms with van der Waals surface area (Å²) in [6, 6.07) is 5.51. The maximum Gasteiger partial charge on any atom is 0.145 e. The lowest BCUT2D eigenvalue weighted by Gasteiger charge is -2.09. The van der Waals surface area contributed by atoms with Crippen molar-refractivity contribution in [3.63, 3.8) is 0 Å². The van der Waals surface area contributed by atoms with Crippen LogP contribution in [0.2, 0.25) is 0 Å². The summed E-state index contributed by atoms with van der Waals surface area (Å²) in [6.07, 6.45) is 2.31. The first-order valence-electron chi connectivity index (χ1n) is 5.30. The lowest BCUT2D eigenvalue weighted by Crippen LogP contribution is -2.01. The normalized spacial score (nSPS) is 10.7. The Balaban J connectivity index is 2.40. The quantitative estimate of drug-likeness (QED) is 0.671. The number of ether oxygens (including phenoxy) is 1. The highest BCUT2D eigenvalue weighted by molar-refractivity contribution is 9.10. The van der Waals surface area contributed by atoms with Crippen LogP contribution in [0.5, 0.6) is 5.75 Å². The van der Waals surface area contributed by atoms with E-state index < -0.39 is 0 Å². The van der Waals surface area contributed by atoms with Gasteiger partial charge in [-0.05, 0) is 34.1 Å². The second kappa shape index (κ2) is 5.33. The number of halogens is 1. The van der Waals surface area contributed by atoms with Gasteiger partial charge in [-0.1, -0.05) is 0 Å². The molecule has 17 heavy (non-hydrogen) atoms. The van der Waals surface area contributed by atoms with Crippen LogP contribution < -0.4 is 10.5 Å². The summed E-state index contributed by atoms with van der Waals surface area (Å²) in [7, 11) is 0. The molecule has 0 saturated carbocycles. The van der Waals surface area contributed by atoms with E-state index in [-0.39, 0.29) is 6.61 Å². The first-order chi connectivity index (χ1) is 8.22. The van der Waals surface area contributed by atoms with Gasteiger partial charge in [0.05, 0.1) is 6.61 Å². The van der Waals surface area contributed by atoms with Crippen LogP contribution in [0.4, 0.5) is 5.69 Å². The van der Waals surface area contributed by atoms with Crippen molar-refractivity contribution >= 4 is 32.5 Å². The summed E-state index contributed by atoms with van der Waals surface area (Å²) in [4.78, 5) is 4.31. The third kappa shape index (κ3) is 2.68. The van der Waals surface area contributed by atoms with E-state index in [1.54, 1.807) is 18.3 Å².